The second-order valence-corrected chi connectivity index (χ2v) is 8.39. The zero-order chi connectivity index (χ0) is 21.3. The maximum atomic E-state index is 12.1. The predicted molar refractivity (Wildman–Crippen MR) is 101 cm³/mol. The first kappa shape index (κ1) is 20.9. The van der Waals surface area contributed by atoms with Crippen molar-refractivity contribution >= 4 is 12.1 Å². The molecule has 2 aliphatic heterocycles. The van der Waals surface area contributed by atoms with E-state index >= 15 is 0 Å². The molecule has 0 aromatic carbocycles. The number of nitrogens with zero attached hydrogens (tertiary/aromatic N) is 4. The van der Waals surface area contributed by atoms with Crippen LogP contribution in [-0.4, -0.2) is 62.2 Å². The minimum atomic E-state index is -0.596. The number of aromatic nitrogens is 2. The average Bonchev–Trinajstić information content (AvgIpc) is 3.19. The van der Waals surface area contributed by atoms with E-state index in [1.165, 1.54) is 0 Å². The molecule has 1 aromatic rings. The number of alkyl carbamates (subject to hydrolysis) is 1. The molecular formula is C18H28N6O5. The molecule has 160 valence electrons. The van der Waals surface area contributed by atoms with E-state index in [2.05, 4.69) is 27.4 Å². The quantitative estimate of drug-likeness (QED) is 0.610. The molecule has 3 rings (SSSR count). The van der Waals surface area contributed by atoms with Gasteiger partial charge in [0, 0.05) is 13.1 Å². The SMILES string of the molecule is C=C(NC[C@@H](C)c1nnc([C@@H]2CC[C@@H]3CN2C(=O)N3O)o1)NC(=O)OC(C)(C)C. The smallest absolute Gasteiger partial charge is 0.413 e. The monoisotopic (exact) mass is 408 g/mol. The van der Waals surface area contributed by atoms with Crippen molar-refractivity contribution in [1.29, 1.82) is 0 Å². The molecule has 0 spiro atoms. The molecule has 0 radical (unpaired) electrons. The van der Waals surface area contributed by atoms with Crippen molar-refractivity contribution in [1.82, 2.24) is 30.8 Å². The molecule has 3 heterocycles. The highest BCUT2D eigenvalue weighted by molar-refractivity contribution is 5.76. The summed E-state index contributed by atoms with van der Waals surface area (Å²) in [6.45, 7) is 11.8. The number of urea groups is 1. The van der Waals surface area contributed by atoms with Crippen LogP contribution in [0.1, 0.15) is 64.3 Å². The number of amides is 3. The highest BCUT2D eigenvalue weighted by Crippen LogP contribution is 2.37. The number of carbonyl (C=O) groups excluding carboxylic acids is 2. The topological polar surface area (TPSA) is 133 Å². The predicted octanol–water partition coefficient (Wildman–Crippen LogP) is 2.09. The zero-order valence-corrected chi connectivity index (χ0v) is 17.1. The maximum absolute atomic E-state index is 12.1. The van der Waals surface area contributed by atoms with Gasteiger partial charge in [0.25, 0.3) is 0 Å². The van der Waals surface area contributed by atoms with Gasteiger partial charge >= 0.3 is 12.1 Å². The Balaban J connectivity index is 1.52. The van der Waals surface area contributed by atoms with Crippen LogP contribution in [0.4, 0.5) is 9.59 Å². The van der Waals surface area contributed by atoms with E-state index in [-0.39, 0.29) is 18.0 Å². The average molecular weight is 408 g/mol. The molecule has 3 amide bonds. The maximum Gasteiger partial charge on any atom is 0.413 e. The molecule has 2 fully saturated rings. The Bertz CT molecular complexity index is 788. The summed E-state index contributed by atoms with van der Waals surface area (Å²) >= 11 is 0. The van der Waals surface area contributed by atoms with Gasteiger partial charge in [0.2, 0.25) is 11.8 Å². The standard InChI is InChI=1S/C18H28N6O5/c1-10(8-19-11(2)20-16(25)29-18(3,4)5)14-21-22-15(28-14)13-7-6-12-9-23(13)17(26)24(12)27/h10,12-13,19,27H,2,6-9H2,1,3-5H3,(H,20,25)/t10-,12-,13+/m1/s1. The van der Waals surface area contributed by atoms with Gasteiger partial charge < -0.3 is 19.4 Å². The zero-order valence-electron chi connectivity index (χ0n) is 17.1. The van der Waals surface area contributed by atoms with E-state index in [0.29, 0.717) is 43.5 Å². The lowest BCUT2D eigenvalue weighted by Crippen LogP contribution is -2.36. The van der Waals surface area contributed by atoms with E-state index in [9.17, 15) is 14.8 Å². The Morgan fingerprint density at radius 3 is 2.83 bits per heavy atom. The molecule has 0 unspecified atom stereocenters. The van der Waals surface area contributed by atoms with Crippen molar-refractivity contribution in [3.05, 3.63) is 24.2 Å². The van der Waals surface area contributed by atoms with Gasteiger partial charge in [0.1, 0.15) is 17.5 Å². The Labute approximate surface area is 169 Å². The summed E-state index contributed by atoms with van der Waals surface area (Å²) in [7, 11) is 0. The minimum absolute atomic E-state index is 0.159. The number of rotatable bonds is 6. The Kier molecular flexibility index (Phi) is 5.69. The third-order valence-electron chi connectivity index (χ3n) is 4.78. The number of hydrogen-bond acceptors (Lipinski definition) is 8. The summed E-state index contributed by atoms with van der Waals surface area (Å²) < 4.78 is 11.0. The molecule has 1 aromatic heterocycles. The Hall–Kier alpha value is -2.82. The number of ether oxygens (including phenoxy) is 1. The first-order valence-corrected chi connectivity index (χ1v) is 9.60. The molecule has 2 aliphatic rings. The van der Waals surface area contributed by atoms with Crippen LogP contribution in [0, 0.1) is 0 Å². The molecule has 0 aliphatic carbocycles. The lowest BCUT2D eigenvalue weighted by atomic mass is 10.0. The molecule has 3 N–H and O–H groups in total. The summed E-state index contributed by atoms with van der Waals surface area (Å²) in [5.41, 5.74) is -0.596. The summed E-state index contributed by atoms with van der Waals surface area (Å²) in [6, 6.07) is -0.939. The highest BCUT2D eigenvalue weighted by Gasteiger charge is 2.46. The highest BCUT2D eigenvalue weighted by atomic mass is 16.6. The number of fused-ring (bicyclic) bond motifs is 2. The Morgan fingerprint density at radius 1 is 1.41 bits per heavy atom. The van der Waals surface area contributed by atoms with Crippen LogP contribution in [0.5, 0.6) is 0 Å². The lowest BCUT2D eigenvalue weighted by molar-refractivity contribution is -0.0584. The van der Waals surface area contributed by atoms with Crippen LogP contribution in [0.3, 0.4) is 0 Å². The van der Waals surface area contributed by atoms with Crippen molar-refractivity contribution in [3.8, 4) is 0 Å². The number of carbonyl (C=O) groups is 2. The van der Waals surface area contributed by atoms with E-state index in [0.717, 1.165) is 5.06 Å². The third kappa shape index (κ3) is 4.78. The molecule has 3 atom stereocenters. The fourth-order valence-corrected chi connectivity index (χ4v) is 3.32. The van der Waals surface area contributed by atoms with Gasteiger partial charge in [-0.2, -0.15) is 0 Å². The van der Waals surface area contributed by atoms with Crippen LogP contribution in [0.15, 0.2) is 16.8 Å². The van der Waals surface area contributed by atoms with Gasteiger partial charge in [-0.1, -0.05) is 13.5 Å². The van der Waals surface area contributed by atoms with Crippen LogP contribution >= 0.6 is 0 Å². The number of piperidine rings is 1. The molecule has 11 nitrogen and oxygen atoms in total. The molecular weight excluding hydrogens is 380 g/mol. The van der Waals surface area contributed by atoms with Crippen molar-refractivity contribution in [2.75, 3.05) is 13.1 Å². The van der Waals surface area contributed by atoms with Gasteiger partial charge in [-0.25, -0.2) is 14.7 Å². The van der Waals surface area contributed by atoms with Gasteiger partial charge in [-0.05, 0) is 33.6 Å². The van der Waals surface area contributed by atoms with Gasteiger partial charge in [-0.15, -0.1) is 10.2 Å². The lowest BCUT2D eigenvalue weighted by Gasteiger charge is -2.27. The molecule has 0 saturated carbocycles. The van der Waals surface area contributed by atoms with E-state index in [1.54, 1.807) is 25.7 Å². The number of hydroxylamine groups is 2. The minimum Gasteiger partial charge on any atom is -0.444 e. The molecule has 11 heteroatoms. The van der Waals surface area contributed by atoms with Crippen LogP contribution < -0.4 is 10.6 Å². The van der Waals surface area contributed by atoms with Gasteiger partial charge in [0.15, 0.2) is 0 Å². The first-order valence-electron chi connectivity index (χ1n) is 9.60. The van der Waals surface area contributed by atoms with E-state index in [4.69, 9.17) is 9.15 Å². The van der Waals surface area contributed by atoms with Gasteiger partial charge in [-0.3, -0.25) is 10.5 Å². The van der Waals surface area contributed by atoms with Crippen molar-refractivity contribution in [2.45, 2.75) is 64.1 Å². The van der Waals surface area contributed by atoms with Crippen LogP contribution in [-0.2, 0) is 4.74 Å². The second kappa shape index (κ2) is 7.90. The fraction of sp³-hybridized carbons (Fsp3) is 0.667. The third-order valence-corrected chi connectivity index (χ3v) is 4.78. The van der Waals surface area contributed by atoms with Crippen LogP contribution in [0.2, 0.25) is 0 Å². The van der Waals surface area contributed by atoms with Crippen molar-refractivity contribution < 1.29 is 24.0 Å². The fourth-order valence-electron chi connectivity index (χ4n) is 3.32. The summed E-state index contributed by atoms with van der Waals surface area (Å²) in [6.07, 6.45) is 0.735. The van der Waals surface area contributed by atoms with E-state index in [1.807, 2.05) is 6.92 Å². The molecule has 29 heavy (non-hydrogen) atoms. The Morgan fingerprint density at radius 2 is 2.14 bits per heavy atom. The van der Waals surface area contributed by atoms with Crippen LogP contribution in [0.25, 0.3) is 0 Å². The second-order valence-electron chi connectivity index (χ2n) is 8.39. The van der Waals surface area contributed by atoms with Crippen molar-refractivity contribution in [2.24, 2.45) is 0 Å². The van der Waals surface area contributed by atoms with Gasteiger partial charge in [0.05, 0.1) is 12.0 Å². The summed E-state index contributed by atoms with van der Waals surface area (Å²) in [4.78, 5) is 25.4. The summed E-state index contributed by atoms with van der Waals surface area (Å²) in [5, 5.41) is 24.3. The normalized spacial score (nSPS) is 22.4. The summed E-state index contributed by atoms with van der Waals surface area (Å²) in [5.74, 6) is 0.912. The van der Waals surface area contributed by atoms with E-state index < -0.39 is 17.7 Å². The molecule has 2 bridgehead atoms. The molecule has 2 saturated heterocycles. The largest absolute Gasteiger partial charge is 0.444 e. The number of nitrogens with one attached hydrogen (secondary N) is 2. The number of hydrogen-bond donors (Lipinski definition) is 3. The first-order chi connectivity index (χ1) is 13.5. The van der Waals surface area contributed by atoms with Crippen molar-refractivity contribution in [3.63, 3.8) is 0 Å².